The molecule has 5 nitrogen and oxygen atoms in total. The highest BCUT2D eigenvalue weighted by atomic mass is 19.1. The number of nitrogens with one attached hydrogen (secondary N) is 1. The van der Waals surface area contributed by atoms with Crippen molar-refractivity contribution < 1.29 is 18.0 Å². The summed E-state index contributed by atoms with van der Waals surface area (Å²) in [7, 11) is 0. The van der Waals surface area contributed by atoms with Crippen LogP contribution in [0.15, 0.2) is 52.9 Å². The van der Waals surface area contributed by atoms with Gasteiger partial charge in [-0.15, -0.1) is 10.2 Å². The number of rotatable bonds is 5. The van der Waals surface area contributed by atoms with E-state index in [1.165, 1.54) is 0 Å². The minimum atomic E-state index is -0.801. The lowest BCUT2D eigenvalue weighted by Gasteiger charge is -2.04. The van der Waals surface area contributed by atoms with Crippen molar-refractivity contribution in [3.63, 3.8) is 0 Å². The van der Waals surface area contributed by atoms with Crippen LogP contribution in [0.1, 0.15) is 16.2 Å². The summed E-state index contributed by atoms with van der Waals surface area (Å²) in [4.78, 5) is 11.9. The SMILES string of the molecule is O=C(NCCc1nnc(-c2ccccc2)o1)c1cc(F)cc(F)c1. The van der Waals surface area contributed by atoms with Crippen LogP contribution in [0.2, 0.25) is 0 Å². The van der Waals surface area contributed by atoms with Gasteiger partial charge in [-0.05, 0) is 24.3 Å². The lowest BCUT2D eigenvalue weighted by Crippen LogP contribution is -2.26. The molecule has 0 aliphatic heterocycles. The average molecular weight is 329 g/mol. The van der Waals surface area contributed by atoms with Gasteiger partial charge in [-0.2, -0.15) is 0 Å². The second-order valence-electron chi connectivity index (χ2n) is 5.03. The summed E-state index contributed by atoms with van der Waals surface area (Å²) in [6.07, 6.45) is 0.309. The predicted molar refractivity (Wildman–Crippen MR) is 82.1 cm³/mol. The van der Waals surface area contributed by atoms with E-state index in [1.807, 2.05) is 30.3 Å². The van der Waals surface area contributed by atoms with Gasteiger partial charge in [-0.3, -0.25) is 4.79 Å². The molecule has 1 amide bonds. The number of halogens is 2. The summed E-state index contributed by atoms with van der Waals surface area (Å²) < 4.78 is 31.7. The largest absolute Gasteiger partial charge is 0.421 e. The first-order chi connectivity index (χ1) is 11.6. The third-order valence-corrected chi connectivity index (χ3v) is 3.24. The second kappa shape index (κ2) is 6.99. The molecule has 0 aliphatic rings. The summed E-state index contributed by atoms with van der Waals surface area (Å²) in [5.74, 6) is -1.42. The van der Waals surface area contributed by atoms with Crippen molar-refractivity contribution in [2.75, 3.05) is 6.54 Å². The van der Waals surface area contributed by atoms with Crippen molar-refractivity contribution in [3.05, 3.63) is 71.6 Å². The number of benzene rings is 2. The first-order valence-corrected chi connectivity index (χ1v) is 7.24. The van der Waals surface area contributed by atoms with Crippen LogP contribution in [0.5, 0.6) is 0 Å². The van der Waals surface area contributed by atoms with Crippen LogP contribution in [0, 0.1) is 11.6 Å². The van der Waals surface area contributed by atoms with Crippen LogP contribution in [-0.4, -0.2) is 22.6 Å². The van der Waals surface area contributed by atoms with Gasteiger partial charge in [0, 0.05) is 30.2 Å². The van der Waals surface area contributed by atoms with Gasteiger partial charge < -0.3 is 9.73 Å². The molecule has 24 heavy (non-hydrogen) atoms. The second-order valence-corrected chi connectivity index (χ2v) is 5.03. The van der Waals surface area contributed by atoms with E-state index >= 15 is 0 Å². The van der Waals surface area contributed by atoms with Gasteiger partial charge in [0.1, 0.15) is 11.6 Å². The van der Waals surface area contributed by atoms with E-state index in [9.17, 15) is 13.6 Å². The quantitative estimate of drug-likeness (QED) is 0.781. The Balaban J connectivity index is 1.57. The van der Waals surface area contributed by atoms with Gasteiger partial charge in [0.05, 0.1) is 0 Å². The molecule has 7 heteroatoms. The molecule has 0 fully saturated rings. The number of aromatic nitrogens is 2. The van der Waals surface area contributed by atoms with Crippen molar-refractivity contribution in [2.45, 2.75) is 6.42 Å². The summed E-state index contributed by atoms with van der Waals surface area (Å²) in [5.41, 5.74) is 0.721. The van der Waals surface area contributed by atoms with Crippen LogP contribution in [0.4, 0.5) is 8.78 Å². The van der Waals surface area contributed by atoms with Gasteiger partial charge in [0.15, 0.2) is 0 Å². The van der Waals surface area contributed by atoms with E-state index in [4.69, 9.17) is 4.42 Å². The van der Waals surface area contributed by atoms with Crippen molar-refractivity contribution >= 4 is 5.91 Å². The van der Waals surface area contributed by atoms with Crippen molar-refractivity contribution in [2.24, 2.45) is 0 Å². The molecule has 0 spiro atoms. The van der Waals surface area contributed by atoms with Crippen molar-refractivity contribution in [1.29, 1.82) is 0 Å². The van der Waals surface area contributed by atoms with E-state index < -0.39 is 17.5 Å². The van der Waals surface area contributed by atoms with Crippen LogP contribution in [-0.2, 0) is 6.42 Å². The van der Waals surface area contributed by atoms with Gasteiger partial charge in [-0.1, -0.05) is 18.2 Å². The monoisotopic (exact) mass is 329 g/mol. The molecule has 1 heterocycles. The Morgan fingerprint density at radius 1 is 1.04 bits per heavy atom. The minimum absolute atomic E-state index is 0.0806. The van der Waals surface area contributed by atoms with Crippen LogP contribution >= 0.6 is 0 Å². The number of hydrogen-bond donors (Lipinski definition) is 1. The zero-order chi connectivity index (χ0) is 16.9. The third kappa shape index (κ3) is 3.81. The van der Waals surface area contributed by atoms with Gasteiger partial charge >= 0.3 is 0 Å². The van der Waals surface area contributed by atoms with E-state index in [0.29, 0.717) is 24.3 Å². The van der Waals surface area contributed by atoms with Crippen molar-refractivity contribution in [1.82, 2.24) is 15.5 Å². The lowest BCUT2D eigenvalue weighted by atomic mass is 10.2. The molecule has 0 saturated carbocycles. The Morgan fingerprint density at radius 2 is 1.75 bits per heavy atom. The van der Waals surface area contributed by atoms with E-state index in [-0.39, 0.29) is 12.1 Å². The fraction of sp³-hybridized carbons (Fsp3) is 0.118. The smallest absolute Gasteiger partial charge is 0.251 e. The molecule has 0 unspecified atom stereocenters. The van der Waals surface area contributed by atoms with Crippen LogP contribution in [0.25, 0.3) is 11.5 Å². The highest BCUT2D eigenvalue weighted by Crippen LogP contribution is 2.16. The zero-order valence-corrected chi connectivity index (χ0v) is 12.5. The molecule has 0 saturated heterocycles. The highest BCUT2D eigenvalue weighted by Gasteiger charge is 2.11. The van der Waals surface area contributed by atoms with Gasteiger partial charge in [-0.25, -0.2) is 8.78 Å². The fourth-order valence-electron chi connectivity index (χ4n) is 2.12. The molecule has 2 aromatic carbocycles. The molecule has 1 N–H and O–H groups in total. The van der Waals surface area contributed by atoms with E-state index in [1.54, 1.807) is 0 Å². The highest BCUT2D eigenvalue weighted by molar-refractivity contribution is 5.94. The van der Waals surface area contributed by atoms with Gasteiger partial charge in [0.2, 0.25) is 11.8 Å². The first kappa shape index (κ1) is 15.8. The Bertz CT molecular complexity index is 830. The van der Waals surface area contributed by atoms with Crippen LogP contribution < -0.4 is 5.32 Å². The molecule has 0 atom stereocenters. The molecular weight excluding hydrogens is 316 g/mol. The van der Waals surface area contributed by atoms with E-state index in [2.05, 4.69) is 15.5 Å². The molecule has 0 radical (unpaired) electrons. The molecule has 122 valence electrons. The Labute approximate surface area is 136 Å². The third-order valence-electron chi connectivity index (χ3n) is 3.24. The number of carbonyl (C=O) groups excluding carboxylic acids is 1. The summed E-state index contributed by atoms with van der Waals surface area (Å²) >= 11 is 0. The summed E-state index contributed by atoms with van der Waals surface area (Å²) in [6, 6.07) is 11.9. The standard InChI is InChI=1S/C17H13F2N3O2/c18-13-8-12(9-14(19)10-13)16(23)20-7-6-15-21-22-17(24-15)11-4-2-1-3-5-11/h1-5,8-10H,6-7H2,(H,20,23). The number of carbonyl (C=O) groups is 1. The van der Waals surface area contributed by atoms with Crippen molar-refractivity contribution in [3.8, 4) is 11.5 Å². The molecule has 3 aromatic rings. The topological polar surface area (TPSA) is 68.0 Å². The average Bonchev–Trinajstić information content (AvgIpc) is 3.03. The predicted octanol–water partition coefficient (Wildman–Crippen LogP) is 2.99. The van der Waals surface area contributed by atoms with Crippen LogP contribution in [0.3, 0.4) is 0 Å². The maximum Gasteiger partial charge on any atom is 0.251 e. The normalized spacial score (nSPS) is 10.6. The Hall–Kier alpha value is -3.09. The molecule has 1 aromatic heterocycles. The fourth-order valence-corrected chi connectivity index (χ4v) is 2.12. The maximum absolute atomic E-state index is 13.1. The molecule has 0 bridgehead atoms. The zero-order valence-electron chi connectivity index (χ0n) is 12.5. The molecular formula is C17H13F2N3O2. The lowest BCUT2D eigenvalue weighted by molar-refractivity contribution is 0.0952. The summed E-state index contributed by atoms with van der Waals surface area (Å²) in [5, 5.41) is 10.4. The minimum Gasteiger partial charge on any atom is -0.421 e. The first-order valence-electron chi connectivity index (χ1n) is 7.24. The summed E-state index contributed by atoms with van der Waals surface area (Å²) in [6.45, 7) is 0.202. The Kier molecular flexibility index (Phi) is 4.60. The maximum atomic E-state index is 13.1. The molecule has 0 aliphatic carbocycles. The number of hydrogen-bond acceptors (Lipinski definition) is 4. The number of amides is 1. The Morgan fingerprint density at radius 3 is 2.46 bits per heavy atom. The number of nitrogens with zero attached hydrogens (tertiary/aromatic N) is 2. The van der Waals surface area contributed by atoms with Gasteiger partial charge in [0.25, 0.3) is 5.91 Å². The van der Waals surface area contributed by atoms with E-state index in [0.717, 1.165) is 17.7 Å². The molecule has 3 rings (SSSR count).